The molecule has 0 amide bonds. The highest BCUT2D eigenvalue weighted by molar-refractivity contribution is 5.68. The Labute approximate surface area is 90.9 Å². The van der Waals surface area contributed by atoms with Gasteiger partial charge in [-0.25, -0.2) is 4.39 Å². The Hall–Kier alpha value is -1.25. The minimum Gasteiger partial charge on any atom is -0.395 e. The van der Waals surface area contributed by atoms with E-state index in [0.717, 1.165) is 12.1 Å². The minimum atomic E-state index is -0.355. The molecule has 1 aromatic carbocycles. The number of hydrogen-bond acceptors (Lipinski definition) is 2. The van der Waals surface area contributed by atoms with Crippen molar-refractivity contribution in [2.24, 2.45) is 0 Å². The molecule has 0 saturated heterocycles. The minimum absolute atomic E-state index is 0.0259. The first-order valence-corrected chi connectivity index (χ1v) is 5.18. The van der Waals surface area contributed by atoms with Gasteiger partial charge in [0.2, 0.25) is 0 Å². The lowest BCUT2D eigenvalue weighted by Crippen LogP contribution is -2.41. The van der Waals surface area contributed by atoms with Crippen LogP contribution in [0, 0.1) is 5.82 Å². The van der Waals surface area contributed by atoms with E-state index in [2.05, 4.69) is 20.8 Å². The van der Waals surface area contributed by atoms with Gasteiger partial charge in [0.25, 0.3) is 0 Å². The average Bonchev–Trinajstić information content (AvgIpc) is 2.21. The second-order valence-corrected chi connectivity index (χ2v) is 4.40. The van der Waals surface area contributed by atoms with Crippen LogP contribution in [-0.4, -0.2) is 12.6 Å². The van der Waals surface area contributed by atoms with Crippen LogP contribution in [0.15, 0.2) is 18.2 Å². The molecule has 0 unspecified atom stereocenters. The topological polar surface area (TPSA) is 29.3 Å². The zero-order chi connectivity index (χ0) is 11.6. The van der Waals surface area contributed by atoms with E-state index in [9.17, 15) is 4.39 Å². The standard InChI is InChI=1S/C12H19FN2/c1-5-12(2,3)15(4)10-8-6-7-9(13)11(10)14/h6-8H,5,14H2,1-4H3. The molecule has 1 rings (SSSR count). The third kappa shape index (κ3) is 2.22. The van der Waals surface area contributed by atoms with Crippen LogP contribution in [0.5, 0.6) is 0 Å². The van der Waals surface area contributed by atoms with E-state index in [1.165, 1.54) is 6.07 Å². The molecule has 84 valence electrons. The van der Waals surface area contributed by atoms with Gasteiger partial charge in [-0.1, -0.05) is 13.0 Å². The highest BCUT2D eigenvalue weighted by Gasteiger charge is 2.23. The lowest BCUT2D eigenvalue weighted by molar-refractivity contribution is 0.470. The van der Waals surface area contributed by atoms with Crippen LogP contribution in [0.3, 0.4) is 0 Å². The molecule has 2 nitrogen and oxygen atoms in total. The number of halogens is 1. The number of benzene rings is 1. The first kappa shape index (κ1) is 11.8. The van der Waals surface area contributed by atoms with Crippen molar-refractivity contribution in [1.82, 2.24) is 0 Å². The molecule has 2 N–H and O–H groups in total. The second-order valence-electron chi connectivity index (χ2n) is 4.40. The molecule has 0 fully saturated rings. The molecule has 0 aliphatic heterocycles. The van der Waals surface area contributed by atoms with E-state index in [4.69, 9.17) is 5.73 Å². The van der Waals surface area contributed by atoms with Crippen LogP contribution in [0.4, 0.5) is 15.8 Å². The molecule has 3 heteroatoms. The molecule has 0 bridgehead atoms. The Morgan fingerprint density at radius 3 is 2.53 bits per heavy atom. The Morgan fingerprint density at radius 2 is 2.00 bits per heavy atom. The summed E-state index contributed by atoms with van der Waals surface area (Å²) in [6.07, 6.45) is 0.972. The van der Waals surface area contributed by atoms with Gasteiger partial charge in [0.15, 0.2) is 0 Å². The predicted octanol–water partition coefficient (Wildman–Crippen LogP) is 3.03. The summed E-state index contributed by atoms with van der Waals surface area (Å²) in [4.78, 5) is 2.02. The summed E-state index contributed by atoms with van der Waals surface area (Å²) >= 11 is 0. The number of anilines is 2. The molecule has 0 radical (unpaired) electrons. The fraction of sp³-hybridized carbons (Fsp3) is 0.500. The number of nitrogens with two attached hydrogens (primary N) is 1. The SMILES string of the molecule is CCC(C)(C)N(C)c1cccc(F)c1N. The molecule has 0 atom stereocenters. The Balaban J connectivity index is 3.12. The predicted molar refractivity (Wildman–Crippen MR) is 63.6 cm³/mol. The summed E-state index contributed by atoms with van der Waals surface area (Å²) in [7, 11) is 1.94. The van der Waals surface area contributed by atoms with Crippen molar-refractivity contribution in [3.05, 3.63) is 24.0 Å². The zero-order valence-electron chi connectivity index (χ0n) is 9.84. The number of nitrogen functional groups attached to an aromatic ring is 1. The van der Waals surface area contributed by atoms with Gasteiger partial charge in [-0.3, -0.25) is 0 Å². The maximum Gasteiger partial charge on any atom is 0.148 e. The van der Waals surface area contributed by atoms with Crippen LogP contribution in [0.1, 0.15) is 27.2 Å². The maximum atomic E-state index is 13.3. The van der Waals surface area contributed by atoms with Gasteiger partial charge in [-0.2, -0.15) is 0 Å². The van der Waals surface area contributed by atoms with Crippen LogP contribution < -0.4 is 10.6 Å². The van der Waals surface area contributed by atoms with Gasteiger partial charge < -0.3 is 10.6 Å². The van der Waals surface area contributed by atoms with Crippen molar-refractivity contribution in [3.63, 3.8) is 0 Å². The van der Waals surface area contributed by atoms with E-state index in [1.54, 1.807) is 6.07 Å². The summed E-state index contributed by atoms with van der Waals surface area (Å²) in [5.74, 6) is -0.355. The van der Waals surface area contributed by atoms with Crippen molar-refractivity contribution in [3.8, 4) is 0 Å². The summed E-state index contributed by atoms with van der Waals surface area (Å²) in [6.45, 7) is 6.32. The van der Waals surface area contributed by atoms with Crippen LogP contribution >= 0.6 is 0 Å². The highest BCUT2D eigenvalue weighted by atomic mass is 19.1. The van der Waals surface area contributed by atoms with Gasteiger partial charge in [0.1, 0.15) is 5.82 Å². The average molecular weight is 210 g/mol. The van der Waals surface area contributed by atoms with E-state index < -0.39 is 0 Å². The summed E-state index contributed by atoms with van der Waals surface area (Å²) < 4.78 is 13.3. The molecule has 15 heavy (non-hydrogen) atoms. The van der Waals surface area contributed by atoms with Crippen molar-refractivity contribution in [2.45, 2.75) is 32.7 Å². The smallest absolute Gasteiger partial charge is 0.148 e. The van der Waals surface area contributed by atoms with Crippen LogP contribution in [0.2, 0.25) is 0 Å². The van der Waals surface area contributed by atoms with E-state index in [1.807, 2.05) is 18.0 Å². The second kappa shape index (κ2) is 4.09. The molecule has 0 spiro atoms. The molecule has 0 aliphatic rings. The number of hydrogen-bond donors (Lipinski definition) is 1. The first-order valence-electron chi connectivity index (χ1n) is 5.18. The summed E-state index contributed by atoms with van der Waals surface area (Å²) in [5, 5.41) is 0. The zero-order valence-corrected chi connectivity index (χ0v) is 9.84. The van der Waals surface area contributed by atoms with Crippen LogP contribution in [-0.2, 0) is 0 Å². The number of nitrogens with zero attached hydrogens (tertiary/aromatic N) is 1. The van der Waals surface area contributed by atoms with E-state index >= 15 is 0 Å². The Kier molecular flexibility index (Phi) is 3.22. The van der Waals surface area contributed by atoms with E-state index in [-0.39, 0.29) is 17.0 Å². The normalized spacial score (nSPS) is 11.5. The maximum absolute atomic E-state index is 13.3. The summed E-state index contributed by atoms with van der Waals surface area (Å²) in [6, 6.07) is 4.91. The molecule has 1 aromatic rings. The largest absolute Gasteiger partial charge is 0.395 e. The van der Waals surface area contributed by atoms with Gasteiger partial charge in [0.05, 0.1) is 11.4 Å². The fourth-order valence-electron chi connectivity index (χ4n) is 1.38. The first-order chi connectivity index (χ1) is 6.90. The van der Waals surface area contributed by atoms with Gasteiger partial charge in [-0.15, -0.1) is 0 Å². The van der Waals surface area contributed by atoms with Crippen molar-refractivity contribution in [1.29, 1.82) is 0 Å². The fourth-order valence-corrected chi connectivity index (χ4v) is 1.38. The monoisotopic (exact) mass is 210 g/mol. The number of rotatable bonds is 3. The molecule has 0 aromatic heterocycles. The van der Waals surface area contributed by atoms with Gasteiger partial charge in [-0.05, 0) is 32.4 Å². The molecular weight excluding hydrogens is 191 g/mol. The highest BCUT2D eigenvalue weighted by Crippen LogP contribution is 2.30. The molecular formula is C12H19FN2. The quantitative estimate of drug-likeness (QED) is 0.777. The lowest BCUT2D eigenvalue weighted by Gasteiger charge is -2.37. The third-order valence-corrected chi connectivity index (χ3v) is 3.16. The third-order valence-electron chi connectivity index (χ3n) is 3.16. The summed E-state index contributed by atoms with van der Waals surface area (Å²) in [5.41, 5.74) is 6.67. The van der Waals surface area contributed by atoms with E-state index in [0.29, 0.717) is 0 Å². The lowest BCUT2D eigenvalue weighted by atomic mass is 9.99. The molecule has 0 heterocycles. The number of para-hydroxylation sites is 1. The Morgan fingerprint density at radius 1 is 1.40 bits per heavy atom. The van der Waals surface area contributed by atoms with Gasteiger partial charge >= 0.3 is 0 Å². The van der Waals surface area contributed by atoms with Crippen molar-refractivity contribution < 1.29 is 4.39 Å². The van der Waals surface area contributed by atoms with Crippen molar-refractivity contribution in [2.75, 3.05) is 17.7 Å². The van der Waals surface area contributed by atoms with Crippen LogP contribution in [0.25, 0.3) is 0 Å². The van der Waals surface area contributed by atoms with Gasteiger partial charge in [0, 0.05) is 12.6 Å². The molecule has 0 aliphatic carbocycles. The molecule has 0 saturated carbocycles. The Bertz CT molecular complexity index is 347. The van der Waals surface area contributed by atoms with Crippen molar-refractivity contribution >= 4 is 11.4 Å².